The number of carbonyl (C=O) groups excluding carboxylic acids is 3. The predicted molar refractivity (Wildman–Crippen MR) is 73.1 cm³/mol. The Kier molecular flexibility index (Phi) is 3.48. The highest BCUT2D eigenvalue weighted by atomic mass is 32.2. The van der Waals surface area contributed by atoms with E-state index in [2.05, 4.69) is 0 Å². The molecule has 1 fully saturated rings. The molecule has 2 amide bonds. The van der Waals surface area contributed by atoms with Gasteiger partial charge in [0.1, 0.15) is 0 Å². The first-order chi connectivity index (χ1) is 9.68. The molecule has 1 aromatic carbocycles. The van der Waals surface area contributed by atoms with Crippen LogP contribution >= 0.6 is 11.8 Å². The van der Waals surface area contributed by atoms with Crippen molar-refractivity contribution in [2.75, 3.05) is 11.5 Å². The Morgan fingerprint density at radius 2 is 1.65 bits per heavy atom. The van der Waals surface area contributed by atoms with Crippen LogP contribution in [0.5, 0.6) is 0 Å². The third-order valence-electron chi connectivity index (χ3n) is 3.49. The summed E-state index contributed by atoms with van der Waals surface area (Å²) in [5, 5.41) is 0.592. The molecule has 1 saturated heterocycles. The Labute approximate surface area is 120 Å². The van der Waals surface area contributed by atoms with Gasteiger partial charge in [-0.15, -0.1) is 0 Å². The van der Waals surface area contributed by atoms with Gasteiger partial charge >= 0.3 is 5.97 Å². The lowest BCUT2D eigenvalue weighted by atomic mass is 10.0. The molecule has 0 saturated carbocycles. The van der Waals surface area contributed by atoms with Gasteiger partial charge in [0.25, 0.3) is 11.8 Å². The maximum absolute atomic E-state index is 12.0. The van der Waals surface area contributed by atoms with E-state index in [-0.39, 0.29) is 17.0 Å². The van der Waals surface area contributed by atoms with Crippen molar-refractivity contribution in [3.63, 3.8) is 0 Å². The van der Waals surface area contributed by atoms with Crippen molar-refractivity contribution < 1.29 is 19.2 Å². The third kappa shape index (κ3) is 2.20. The smallest absolute Gasteiger partial charge is 0.329 e. The molecule has 2 aliphatic rings. The summed E-state index contributed by atoms with van der Waals surface area (Å²) in [5.41, 5.74) is 0.564. The van der Waals surface area contributed by atoms with Crippen LogP contribution in [0.15, 0.2) is 24.3 Å². The summed E-state index contributed by atoms with van der Waals surface area (Å²) in [7, 11) is 0. The Morgan fingerprint density at radius 3 is 2.20 bits per heavy atom. The van der Waals surface area contributed by atoms with Crippen molar-refractivity contribution in [3.8, 4) is 0 Å². The number of hydrogen-bond donors (Lipinski definition) is 0. The molecule has 0 bridgehead atoms. The van der Waals surface area contributed by atoms with Crippen LogP contribution in [-0.4, -0.2) is 34.4 Å². The van der Waals surface area contributed by atoms with Crippen molar-refractivity contribution in [1.29, 1.82) is 0 Å². The number of nitrogens with zero attached hydrogens (tertiary/aromatic N) is 1. The maximum Gasteiger partial charge on any atom is 0.336 e. The number of rotatable bonds is 2. The number of fused-ring (bicyclic) bond motifs is 1. The molecule has 2 heterocycles. The zero-order valence-corrected chi connectivity index (χ0v) is 11.5. The minimum atomic E-state index is -0.566. The van der Waals surface area contributed by atoms with E-state index in [1.807, 2.05) is 0 Å². The summed E-state index contributed by atoms with van der Waals surface area (Å²) in [6, 6.07) is 6.46. The Hall–Kier alpha value is -1.82. The largest absolute Gasteiger partial charge is 0.336 e. The van der Waals surface area contributed by atoms with E-state index in [1.165, 1.54) is 0 Å². The van der Waals surface area contributed by atoms with Gasteiger partial charge in [-0.05, 0) is 36.5 Å². The molecular formula is C14H13NO4S. The molecule has 0 unspecified atom stereocenters. The van der Waals surface area contributed by atoms with Crippen LogP contribution in [0.2, 0.25) is 0 Å². The second-order valence-corrected chi connectivity index (χ2v) is 5.97. The normalized spacial score (nSPS) is 19.1. The molecule has 0 N–H and O–H groups in total. The molecule has 20 heavy (non-hydrogen) atoms. The molecule has 3 rings (SSSR count). The average Bonchev–Trinajstić information content (AvgIpc) is 2.74. The van der Waals surface area contributed by atoms with Gasteiger partial charge in [-0.25, -0.2) is 4.79 Å². The molecule has 6 heteroatoms. The van der Waals surface area contributed by atoms with Gasteiger partial charge in [-0.3, -0.25) is 9.59 Å². The standard InChI is InChI=1S/C14H13NO4S/c16-12-10-3-1-2-4-11(10)13(17)15(12)19-14(18)9-5-7-20-8-6-9/h1-4,9H,5-8H2. The number of amides is 2. The molecule has 0 atom stereocenters. The van der Waals surface area contributed by atoms with Gasteiger partial charge in [0, 0.05) is 0 Å². The monoisotopic (exact) mass is 291 g/mol. The maximum atomic E-state index is 12.0. The van der Waals surface area contributed by atoms with E-state index < -0.39 is 17.8 Å². The minimum absolute atomic E-state index is 0.222. The van der Waals surface area contributed by atoms with Crippen LogP contribution in [0.1, 0.15) is 33.6 Å². The lowest BCUT2D eigenvalue weighted by Crippen LogP contribution is -2.36. The number of hydroxylamine groups is 2. The van der Waals surface area contributed by atoms with E-state index in [4.69, 9.17) is 4.84 Å². The Balaban J connectivity index is 1.74. The molecule has 0 aromatic heterocycles. The molecular weight excluding hydrogens is 278 g/mol. The van der Waals surface area contributed by atoms with Crippen molar-refractivity contribution in [2.45, 2.75) is 12.8 Å². The van der Waals surface area contributed by atoms with E-state index in [0.717, 1.165) is 24.3 Å². The first kappa shape index (κ1) is 13.2. The van der Waals surface area contributed by atoms with Gasteiger partial charge in [-0.1, -0.05) is 17.2 Å². The van der Waals surface area contributed by atoms with Crippen molar-refractivity contribution in [3.05, 3.63) is 35.4 Å². The quantitative estimate of drug-likeness (QED) is 0.779. The Morgan fingerprint density at radius 1 is 1.10 bits per heavy atom. The number of benzene rings is 1. The highest BCUT2D eigenvalue weighted by Crippen LogP contribution is 2.27. The van der Waals surface area contributed by atoms with Gasteiger partial charge < -0.3 is 4.84 Å². The lowest BCUT2D eigenvalue weighted by molar-refractivity contribution is -0.174. The fourth-order valence-electron chi connectivity index (χ4n) is 2.35. The number of imide groups is 1. The zero-order chi connectivity index (χ0) is 14.1. The first-order valence-electron chi connectivity index (χ1n) is 6.46. The summed E-state index contributed by atoms with van der Waals surface area (Å²) in [6.07, 6.45) is 1.46. The van der Waals surface area contributed by atoms with Gasteiger partial charge in [0.2, 0.25) is 0 Å². The van der Waals surface area contributed by atoms with E-state index in [0.29, 0.717) is 5.06 Å². The van der Waals surface area contributed by atoms with Crippen LogP contribution in [0.4, 0.5) is 0 Å². The lowest BCUT2D eigenvalue weighted by Gasteiger charge is -2.21. The summed E-state index contributed by atoms with van der Waals surface area (Å²) in [4.78, 5) is 41.2. The number of hydrogen-bond acceptors (Lipinski definition) is 5. The van der Waals surface area contributed by atoms with E-state index in [9.17, 15) is 14.4 Å². The number of thioether (sulfide) groups is 1. The highest BCUT2D eigenvalue weighted by molar-refractivity contribution is 7.99. The van der Waals surface area contributed by atoms with E-state index >= 15 is 0 Å². The van der Waals surface area contributed by atoms with Crippen molar-refractivity contribution in [2.24, 2.45) is 5.92 Å². The Bertz CT molecular complexity index is 545. The molecule has 0 spiro atoms. The van der Waals surface area contributed by atoms with Crippen LogP contribution in [0.25, 0.3) is 0 Å². The topological polar surface area (TPSA) is 63.7 Å². The first-order valence-corrected chi connectivity index (χ1v) is 7.61. The van der Waals surface area contributed by atoms with Crippen LogP contribution < -0.4 is 0 Å². The van der Waals surface area contributed by atoms with Crippen molar-refractivity contribution in [1.82, 2.24) is 5.06 Å². The highest BCUT2D eigenvalue weighted by Gasteiger charge is 2.39. The zero-order valence-electron chi connectivity index (χ0n) is 10.7. The third-order valence-corrected chi connectivity index (χ3v) is 4.54. The van der Waals surface area contributed by atoms with Crippen molar-refractivity contribution >= 4 is 29.5 Å². The fraction of sp³-hybridized carbons (Fsp3) is 0.357. The van der Waals surface area contributed by atoms with Gasteiger partial charge in [-0.2, -0.15) is 11.8 Å². The molecule has 104 valence electrons. The second-order valence-electron chi connectivity index (χ2n) is 4.75. The summed E-state index contributed by atoms with van der Waals surface area (Å²) >= 11 is 1.79. The molecule has 5 nitrogen and oxygen atoms in total. The summed E-state index contributed by atoms with van der Waals surface area (Å²) in [5.74, 6) is -0.0299. The summed E-state index contributed by atoms with van der Waals surface area (Å²) < 4.78 is 0. The predicted octanol–water partition coefficient (Wildman–Crippen LogP) is 1.88. The van der Waals surface area contributed by atoms with Crippen LogP contribution in [-0.2, 0) is 9.63 Å². The minimum Gasteiger partial charge on any atom is -0.329 e. The summed E-state index contributed by atoms with van der Waals surface area (Å²) in [6.45, 7) is 0. The average molecular weight is 291 g/mol. The molecule has 0 radical (unpaired) electrons. The van der Waals surface area contributed by atoms with Crippen LogP contribution in [0, 0.1) is 5.92 Å². The molecule has 2 aliphatic heterocycles. The fourth-order valence-corrected chi connectivity index (χ4v) is 3.45. The van der Waals surface area contributed by atoms with Crippen LogP contribution in [0.3, 0.4) is 0 Å². The SMILES string of the molecule is O=C(ON1C(=O)c2ccccc2C1=O)C1CCSCC1. The number of carbonyl (C=O) groups is 3. The second kappa shape index (κ2) is 5.28. The molecule has 0 aliphatic carbocycles. The van der Waals surface area contributed by atoms with E-state index in [1.54, 1.807) is 36.0 Å². The van der Waals surface area contributed by atoms with Gasteiger partial charge in [0.15, 0.2) is 0 Å². The van der Waals surface area contributed by atoms with Gasteiger partial charge in [0.05, 0.1) is 17.0 Å². The molecule has 1 aromatic rings.